The predicted molar refractivity (Wildman–Crippen MR) is 170 cm³/mol. The Hall–Kier alpha value is -4.29. The van der Waals surface area contributed by atoms with Crippen LogP contribution in [-0.4, -0.2) is 51.3 Å². The lowest BCUT2D eigenvalue weighted by molar-refractivity contribution is -0.160. The van der Waals surface area contributed by atoms with Gasteiger partial charge in [-0.05, 0) is 37.3 Å². The zero-order valence-electron chi connectivity index (χ0n) is 27.8. The topological polar surface area (TPSA) is 82.5 Å². The summed E-state index contributed by atoms with van der Waals surface area (Å²) in [6.45, 7) is 7.78. The highest BCUT2D eigenvalue weighted by Crippen LogP contribution is 2.45. The first kappa shape index (κ1) is 37.2. The molecular weight excluding hydrogens is 621 g/mol. The van der Waals surface area contributed by atoms with Gasteiger partial charge in [0.2, 0.25) is 11.6 Å². The van der Waals surface area contributed by atoms with Crippen molar-refractivity contribution in [3.05, 3.63) is 71.5 Å². The number of allylic oxidation sites excluding steroid dienone is 2. The fraction of sp³-hybridized carbons (Fsp3) is 0.471. The molecule has 1 fully saturated rings. The predicted octanol–water partition coefficient (Wildman–Crippen LogP) is 9.35. The second-order valence-electron chi connectivity index (χ2n) is 11.1. The van der Waals surface area contributed by atoms with E-state index in [0.717, 1.165) is 32.2 Å². The molecule has 1 aromatic carbocycles. The Morgan fingerprint density at radius 1 is 0.979 bits per heavy atom. The van der Waals surface area contributed by atoms with Crippen molar-refractivity contribution in [2.24, 2.45) is 0 Å². The maximum atomic E-state index is 13.8. The third-order valence-electron chi connectivity index (χ3n) is 6.97. The van der Waals surface area contributed by atoms with Crippen LogP contribution in [0.15, 0.2) is 54.6 Å². The van der Waals surface area contributed by atoms with Gasteiger partial charge in [-0.2, -0.15) is 26.9 Å². The molecule has 1 saturated carbocycles. The summed E-state index contributed by atoms with van der Waals surface area (Å²) in [7, 11) is 3.00. The van der Waals surface area contributed by atoms with Crippen molar-refractivity contribution in [1.29, 1.82) is 0 Å². The third kappa shape index (κ3) is 10.9. The highest BCUT2D eigenvalue weighted by molar-refractivity contribution is 5.67. The Kier molecular flexibility index (Phi) is 13.1. The molecule has 0 aliphatic heterocycles. The number of alkyl halides is 5. The van der Waals surface area contributed by atoms with Gasteiger partial charge in [0.15, 0.2) is 5.82 Å². The second-order valence-corrected chi connectivity index (χ2v) is 11.1. The lowest BCUT2D eigenvalue weighted by Crippen LogP contribution is -2.20. The average Bonchev–Trinajstić information content (AvgIpc) is 3.88. The minimum Gasteiger partial charge on any atom is -0.480 e. The van der Waals surface area contributed by atoms with E-state index in [9.17, 15) is 22.0 Å². The monoisotopic (exact) mass is 663 g/mol. The van der Waals surface area contributed by atoms with E-state index in [0.29, 0.717) is 41.4 Å². The summed E-state index contributed by atoms with van der Waals surface area (Å²) < 4.78 is 82.9. The number of rotatable bonds is 13. The van der Waals surface area contributed by atoms with Crippen LogP contribution in [0.2, 0.25) is 0 Å². The largest absolute Gasteiger partial charge is 0.480 e. The molecule has 2 aromatic heterocycles. The molecule has 47 heavy (non-hydrogen) atoms. The van der Waals surface area contributed by atoms with Crippen LogP contribution in [0.5, 0.6) is 17.5 Å². The van der Waals surface area contributed by atoms with Crippen molar-refractivity contribution in [3.63, 3.8) is 0 Å². The SMILES string of the molecule is CC/C=C(/c1ccc(COc2nc(-c3c(OC)ncnc3C3CC3)ncc2OC(C)(F)F)cc1)N(C)/C=C(\C)C(F)(F)F.CCCC. The van der Waals surface area contributed by atoms with E-state index in [-0.39, 0.29) is 35.9 Å². The molecule has 1 aliphatic carbocycles. The fourth-order valence-electron chi connectivity index (χ4n) is 4.27. The molecule has 0 radical (unpaired) electrons. The molecule has 2 heterocycles. The quantitative estimate of drug-likeness (QED) is 0.167. The fourth-order valence-corrected chi connectivity index (χ4v) is 4.27. The second kappa shape index (κ2) is 16.5. The Bertz CT molecular complexity index is 1520. The first-order valence-corrected chi connectivity index (χ1v) is 15.5. The average molecular weight is 664 g/mol. The summed E-state index contributed by atoms with van der Waals surface area (Å²) in [5, 5.41) is 0. The summed E-state index contributed by atoms with van der Waals surface area (Å²) in [5.74, 6) is -0.0152. The van der Waals surface area contributed by atoms with E-state index in [1.165, 1.54) is 31.2 Å². The zero-order chi connectivity index (χ0) is 34.8. The van der Waals surface area contributed by atoms with Crippen LogP contribution in [0.4, 0.5) is 22.0 Å². The maximum Gasteiger partial charge on any atom is 0.413 e. The molecule has 0 bridgehead atoms. The number of halogens is 5. The molecule has 0 unspecified atom stereocenters. The highest BCUT2D eigenvalue weighted by atomic mass is 19.4. The van der Waals surface area contributed by atoms with Gasteiger partial charge in [0.05, 0.1) is 19.0 Å². The van der Waals surface area contributed by atoms with E-state index in [2.05, 4.69) is 33.8 Å². The van der Waals surface area contributed by atoms with Crippen molar-refractivity contribution in [2.75, 3.05) is 14.2 Å². The molecule has 4 rings (SSSR count). The smallest absolute Gasteiger partial charge is 0.413 e. The zero-order valence-corrected chi connectivity index (χ0v) is 27.8. The summed E-state index contributed by atoms with van der Waals surface area (Å²) in [6.07, 6.45) is 2.49. The number of methoxy groups -OCH3 is 1. The summed E-state index contributed by atoms with van der Waals surface area (Å²) in [4.78, 5) is 18.6. The maximum absolute atomic E-state index is 13.8. The van der Waals surface area contributed by atoms with Crippen LogP contribution in [-0.2, 0) is 6.61 Å². The molecule has 0 atom stereocenters. The van der Waals surface area contributed by atoms with Gasteiger partial charge in [0.25, 0.3) is 5.88 Å². The van der Waals surface area contributed by atoms with E-state index in [1.54, 1.807) is 31.3 Å². The van der Waals surface area contributed by atoms with Crippen LogP contribution in [0.3, 0.4) is 0 Å². The van der Waals surface area contributed by atoms with Crippen LogP contribution in [0.25, 0.3) is 17.1 Å². The van der Waals surface area contributed by atoms with Crippen LogP contribution < -0.4 is 14.2 Å². The molecule has 0 saturated heterocycles. The highest BCUT2D eigenvalue weighted by Gasteiger charge is 2.33. The van der Waals surface area contributed by atoms with Gasteiger partial charge in [-0.1, -0.05) is 64.0 Å². The summed E-state index contributed by atoms with van der Waals surface area (Å²) >= 11 is 0. The van der Waals surface area contributed by atoms with E-state index >= 15 is 0 Å². The third-order valence-corrected chi connectivity index (χ3v) is 6.97. The van der Waals surface area contributed by atoms with Crippen LogP contribution >= 0.6 is 0 Å². The van der Waals surface area contributed by atoms with Crippen LogP contribution in [0.1, 0.15) is 89.5 Å². The Balaban J connectivity index is 0.00000142. The normalized spacial score (nSPS) is 13.9. The Morgan fingerprint density at radius 2 is 1.64 bits per heavy atom. The minimum absolute atomic E-state index is 0.0734. The van der Waals surface area contributed by atoms with Crippen molar-refractivity contribution >= 4 is 5.70 Å². The van der Waals surface area contributed by atoms with Gasteiger partial charge < -0.3 is 19.1 Å². The first-order chi connectivity index (χ1) is 22.2. The van der Waals surface area contributed by atoms with Gasteiger partial charge >= 0.3 is 12.3 Å². The summed E-state index contributed by atoms with van der Waals surface area (Å²) in [6, 6.07) is 6.93. The van der Waals surface area contributed by atoms with Gasteiger partial charge in [0.1, 0.15) is 18.5 Å². The first-order valence-electron chi connectivity index (χ1n) is 15.5. The number of benzene rings is 1. The molecule has 0 amide bonds. The van der Waals surface area contributed by atoms with E-state index in [1.807, 2.05) is 13.0 Å². The lowest BCUT2D eigenvalue weighted by atomic mass is 10.1. The van der Waals surface area contributed by atoms with Crippen molar-refractivity contribution in [2.45, 2.75) is 91.5 Å². The van der Waals surface area contributed by atoms with Gasteiger partial charge in [-0.15, -0.1) is 0 Å². The van der Waals surface area contributed by atoms with Gasteiger partial charge in [-0.3, -0.25) is 0 Å². The number of nitrogens with zero attached hydrogens (tertiary/aromatic N) is 5. The van der Waals surface area contributed by atoms with Crippen LogP contribution in [0, 0.1) is 0 Å². The lowest BCUT2D eigenvalue weighted by Gasteiger charge is -2.21. The molecule has 0 N–H and O–H groups in total. The van der Waals surface area contributed by atoms with Crippen molar-refractivity contribution in [3.8, 4) is 28.9 Å². The van der Waals surface area contributed by atoms with Crippen molar-refractivity contribution < 1.29 is 36.2 Å². The molecule has 0 spiro atoms. The number of hydrogen-bond donors (Lipinski definition) is 0. The molecule has 256 valence electrons. The van der Waals surface area contributed by atoms with Gasteiger partial charge in [-0.25, -0.2) is 15.0 Å². The van der Waals surface area contributed by atoms with E-state index in [4.69, 9.17) is 14.2 Å². The number of unbranched alkanes of at least 4 members (excludes halogenated alkanes) is 1. The molecule has 1 aliphatic rings. The summed E-state index contributed by atoms with van der Waals surface area (Å²) in [5.41, 5.74) is 2.34. The number of hydrogen-bond acceptors (Lipinski definition) is 8. The molecule has 3 aromatic rings. The number of ether oxygens (including phenoxy) is 3. The van der Waals surface area contributed by atoms with E-state index < -0.39 is 17.9 Å². The molecule has 13 heteroatoms. The standard InChI is InChI=1S/C30H32F5N5O3.C4H10/c1-6-7-22(40(4)15-18(2)30(33,34)35)20-10-8-19(9-11-20)16-42-27-23(43-29(3,31)32)14-36-26(39-27)24-25(21-12-13-21)37-17-38-28(24)41-5;1-3-4-2/h7-11,14-15,17,21H,6,12-13,16H2,1-5H3;3-4H2,1-2H3/b18-15+,22-7-;. The Morgan fingerprint density at radius 3 is 2.17 bits per heavy atom. The van der Waals surface area contributed by atoms with Crippen molar-refractivity contribution in [1.82, 2.24) is 24.8 Å². The minimum atomic E-state index is -4.43. The molecule has 8 nitrogen and oxygen atoms in total. The Labute approximate surface area is 272 Å². The number of aromatic nitrogens is 4. The van der Waals surface area contributed by atoms with Gasteiger partial charge in [0, 0.05) is 37.4 Å². The molecular formula is C34H42F5N5O3.